The van der Waals surface area contributed by atoms with Crippen LogP contribution in [0, 0.1) is 6.92 Å². The first-order valence-electron chi connectivity index (χ1n) is 5.83. The van der Waals surface area contributed by atoms with Gasteiger partial charge >= 0.3 is 0 Å². The van der Waals surface area contributed by atoms with Gasteiger partial charge in [-0.15, -0.1) is 0 Å². The van der Waals surface area contributed by atoms with Crippen LogP contribution in [0.5, 0.6) is 0 Å². The van der Waals surface area contributed by atoms with Gasteiger partial charge < -0.3 is 10.5 Å². The van der Waals surface area contributed by atoms with Crippen molar-refractivity contribution in [1.82, 2.24) is 0 Å². The highest BCUT2D eigenvalue weighted by atomic mass is 35.5. The van der Waals surface area contributed by atoms with Gasteiger partial charge in [-0.2, -0.15) is 0 Å². The lowest BCUT2D eigenvalue weighted by molar-refractivity contribution is 0.107. The topological polar surface area (TPSA) is 35.2 Å². The molecule has 0 aliphatic carbocycles. The third-order valence-corrected chi connectivity index (χ3v) is 3.18. The van der Waals surface area contributed by atoms with E-state index in [0.717, 1.165) is 27.4 Å². The summed E-state index contributed by atoms with van der Waals surface area (Å²) >= 11 is 5.83. The minimum atomic E-state index is 0.569. The maximum Gasteiger partial charge on any atom is 0.0724 e. The Kier molecular flexibility index (Phi) is 4.24. The molecule has 0 fully saturated rings. The molecule has 2 aromatic carbocycles. The molecular formula is C15H16ClNO. The van der Waals surface area contributed by atoms with Crippen LogP contribution in [0.1, 0.15) is 16.7 Å². The minimum absolute atomic E-state index is 0.569. The van der Waals surface area contributed by atoms with Crippen LogP contribution in [0.4, 0.5) is 5.69 Å². The molecule has 0 unspecified atom stereocenters. The zero-order valence-electron chi connectivity index (χ0n) is 10.3. The average molecular weight is 262 g/mol. The van der Waals surface area contributed by atoms with Gasteiger partial charge in [-0.25, -0.2) is 0 Å². The number of nitrogen functional groups attached to an aromatic ring is 1. The fourth-order valence-electron chi connectivity index (χ4n) is 1.72. The first-order chi connectivity index (χ1) is 8.66. The molecule has 0 atom stereocenters. The molecule has 0 aromatic heterocycles. The van der Waals surface area contributed by atoms with E-state index >= 15 is 0 Å². The predicted molar refractivity (Wildman–Crippen MR) is 75.5 cm³/mol. The monoisotopic (exact) mass is 261 g/mol. The number of hydrogen-bond acceptors (Lipinski definition) is 2. The van der Waals surface area contributed by atoms with E-state index in [0.29, 0.717) is 13.2 Å². The van der Waals surface area contributed by atoms with Crippen LogP contribution in [0.2, 0.25) is 5.02 Å². The maximum absolute atomic E-state index is 5.85. The van der Waals surface area contributed by atoms with E-state index in [9.17, 15) is 0 Å². The van der Waals surface area contributed by atoms with Crippen molar-refractivity contribution in [3.63, 3.8) is 0 Å². The van der Waals surface area contributed by atoms with Crippen LogP contribution >= 0.6 is 11.6 Å². The van der Waals surface area contributed by atoms with Crippen molar-refractivity contribution < 1.29 is 4.74 Å². The first kappa shape index (κ1) is 12.9. The Hall–Kier alpha value is -1.51. The van der Waals surface area contributed by atoms with Gasteiger partial charge in [0.2, 0.25) is 0 Å². The van der Waals surface area contributed by atoms with E-state index in [1.54, 1.807) is 0 Å². The molecular weight excluding hydrogens is 246 g/mol. The van der Waals surface area contributed by atoms with Gasteiger partial charge in [0.25, 0.3) is 0 Å². The third kappa shape index (κ3) is 3.25. The van der Waals surface area contributed by atoms with E-state index in [-0.39, 0.29) is 0 Å². The molecule has 0 aliphatic heterocycles. The number of ether oxygens (including phenoxy) is 1. The summed E-state index contributed by atoms with van der Waals surface area (Å²) in [6.45, 7) is 3.15. The standard InChI is InChI=1S/C15H16ClNO/c1-11-13(3-2-4-15(11)17)10-18-9-12-5-7-14(16)8-6-12/h2-8H,9-10,17H2,1H3. The highest BCUT2D eigenvalue weighted by Gasteiger charge is 2.01. The van der Waals surface area contributed by atoms with Gasteiger partial charge in [-0.05, 0) is 41.8 Å². The third-order valence-electron chi connectivity index (χ3n) is 2.93. The van der Waals surface area contributed by atoms with E-state index in [1.165, 1.54) is 0 Å². The van der Waals surface area contributed by atoms with Crippen molar-refractivity contribution in [2.24, 2.45) is 0 Å². The van der Waals surface area contributed by atoms with Crippen LogP contribution in [-0.2, 0) is 18.0 Å². The van der Waals surface area contributed by atoms with Gasteiger partial charge in [0.1, 0.15) is 0 Å². The molecule has 0 amide bonds. The van der Waals surface area contributed by atoms with Crippen LogP contribution in [-0.4, -0.2) is 0 Å². The number of anilines is 1. The summed E-state index contributed by atoms with van der Waals surface area (Å²) in [5, 5.41) is 0.741. The lowest BCUT2D eigenvalue weighted by Gasteiger charge is -2.09. The Bertz CT molecular complexity index is 523. The molecule has 0 bridgehead atoms. The second kappa shape index (κ2) is 5.89. The van der Waals surface area contributed by atoms with Gasteiger partial charge in [-0.3, -0.25) is 0 Å². The SMILES string of the molecule is Cc1c(N)cccc1COCc1ccc(Cl)cc1. The Balaban J connectivity index is 1.92. The van der Waals surface area contributed by atoms with Crippen LogP contribution in [0.25, 0.3) is 0 Å². The molecule has 2 rings (SSSR count). The summed E-state index contributed by atoms with van der Waals surface area (Å²) in [7, 11) is 0. The molecule has 0 saturated carbocycles. The first-order valence-corrected chi connectivity index (χ1v) is 6.21. The molecule has 0 radical (unpaired) electrons. The van der Waals surface area contributed by atoms with Gasteiger partial charge in [0.05, 0.1) is 13.2 Å². The molecule has 0 aliphatic rings. The summed E-state index contributed by atoms with van der Waals surface area (Å²) in [5.41, 5.74) is 9.99. The number of halogens is 1. The quantitative estimate of drug-likeness (QED) is 0.846. The number of hydrogen-bond donors (Lipinski definition) is 1. The second-order valence-electron chi connectivity index (χ2n) is 4.25. The highest BCUT2D eigenvalue weighted by Crippen LogP contribution is 2.17. The smallest absolute Gasteiger partial charge is 0.0724 e. The lowest BCUT2D eigenvalue weighted by atomic mass is 10.1. The summed E-state index contributed by atoms with van der Waals surface area (Å²) < 4.78 is 5.68. The molecule has 0 spiro atoms. The van der Waals surface area contributed by atoms with Crippen molar-refractivity contribution >= 4 is 17.3 Å². The van der Waals surface area contributed by atoms with Gasteiger partial charge in [0, 0.05) is 10.7 Å². The molecule has 94 valence electrons. The Morgan fingerprint density at radius 3 is 2.50 bits per heavy atom. The summed E-state index contributed by atoms with van der Waals surface area (Å²) in [6.07, 6.45) is 0. The number of benzene rings is 2. The average Bonchev–Trinajstić information content (AvgIpc) is 2.37. The number of rotatable bonds is 4. The van der Waals surface area contributed by atoms with Crippen LogP contribution < -0.4 is 5.73 Å². The maximum atomic E-state index is 5.85. The van der Waals surface area contributed by atoms with Crippen LogP contribution in [0.15, 0.2) is 42.5 Å². The number of nitrogens with two attached hydrogens (primary N) is 1. The van der Waals surface area contributed by atoms with E-state index < -0.39 is 0 Å². The Morgan fingerprint density at radius 2 is 1.78 bits per heavy atom. The highest BCUT2D eigenvalue weighted by molar-refractivity contribution is 6.30. The van der Waals surface area contributed by atoms with Gasteiger partial charge in [-0.1, -0.05) is 35.9 Å². The normalized spacial score (nSPS) is 10.6. The Morgan fingerprint density at radius 1 is 1.06 bits per heavy atom. The molecule has 18 heavy (non-hydrogen) atoms. The van der Waals surface area contributed by atoms with Crippen molar-refractivity contribution in [3.05, 3.63) is 64.2 Å². The molecule has 2 aromatic rings. The fourth-order valence-corrected chi connectivity index (χ4v) is 1.85. The van der Waals surface area contributed by atoms with Crippen molar-refractivity contribution in [2.45, 2.75) is 20.1 Å². The molecule has 2 N–H and O–H groups in total. The fraction of sp³-hybridized carbons (Fsp3) is 0.200. The predicted octanol–water partition coefficient (Wildman–Crippen LogP) is 3.95. The molecule has 0 heterocycles. The van der Waals surface area contributed by atoms with E-state index in [2.05, 4.69) is 0 Å². The molecule has 0 saturated heterocycles. The van der Waals surface area contributed by atoms with Gasteiger partial charge in [0.15, 0.2) is 0 Å². The summed E-state index contributed by atoms with van der Waals surface area (Å²) in [5.74, 6) is 0. The van der Waals surface area contributed by atoms with E-state index in [1.807, 2.05) is 49.4 Å². The molecule has 2 nitrogen and oxygen atoms in total. The second-order valence-corrected chi connectivity index (χ2v) is 4.69. The lowest BCUT2D eigenvalue weighted by Crippen LogP contribution is -1.99. The van der Waals surface area contributed by atoms with E-state index in [4.69, 9.17) is 22.1 Å². The van der Waals surface area contributed by atoms with Crippen molar-refractivity contribution in [3.8, 4) is 0 Å². The van der Waals surface area contributed by atoms with Crippen LogP contribution in [0.3, 0.4) is 0 Å². The van der Waals surface area contributed by atoms with Crippen molar-refractivity contribution in [2.75, 3.05) is 5.73 Å². The largest absolute Gasteiger partial charge is 0.399 e. The van der Waals surface area contributed by atoms with Crippen molar-refractivity contribution in [1.29, 1.82) is 0 Å². The zero-order chi connectivity index (χ0) is 13.0. The minimum Gasteiger partial charge on any atom is -0.399 e. The molecule has 3 heteroatoms. The summed E-state index contributed by atoms with van der Waals surface area (Å²) in [4.78, 5) is 0. The Labute approximate surface area is 112 Å². The summed E-state index contributed by atoms with van der Waals surface area (Å²) in [6, 6.07) is 13.6. The zero-order valence-corrected chi connectivity index (χ0v) is 11.1.